The molecule has 2 aromatic rings. The average Bonchev–Trinajstić information content (AvgIpc) is 2.55. The number of ketones is 1. The number of hydrogen-bond acceptors (Lipinski definition) is 3. The van der Waals surface area contributed by atoms with Crippen LogP contribution in [-0.2, 0) is 11.2 Å². The van der Waals surface area contributed by atoms with Crippen LogP contribution in [0, 0.1) is 17.8 Å². The first-order chi connectivity index (χ1) is 11.6. The van der Waals surface area contributed by atoms with Crippen molar-refractivity contribution in [3.63, 3.8) is 0 Å². The van der Waals surface area contributed by atoms with Crippen molar-refractivity contribution < 1.29 is 9.53 Å². The molecule has 3 nitrogen and oxygen atoms in total. The zero-order chi connectivity index (χ0) is 17.4. The lowest BCUT2D eigenvalue weighted by Gasteiger charge is -2.09. The Morgan fingerprint density at radius 3 is 2.38 bits per heavy atom. The van der Waals surface area contributed by atoms with Crippen molar-refractivity contribution in [3.8, 4) is 17.7 Å². The maximum absolute atomic E-state index is 11.1. The number of hydrogen-bond donors (Lipinski definition) is 0. The van der Waals surface area contributed by atoms with Crippen molar-refractivity contribution in [2.24, 2.45) is 5.92 Å². The lowest BCUT2D eigenvalue weighted by molar-refractivity contribution is -0.117. The monoisotopic (exact) mass is 321 g/mol. The van der Waals surface area contributed by atoms with Crippen molar-refractivity contribution in [2.45, 2.75) is 33.6 Å². The summed E-state index contributed by atoms with van der Waals surface area (Å²) in [6.45, 7) is 6.29. The van der Waals surface area contributed by atoms with Crippen LogP contribution in [0.15, 0.2) is 42.6 Å². The summed E-state index contributed by atoms with van der Waals surface area (Å²) in [5, 5.41) is 0. The molecule has 24 heavy (non-hydrogen) atoms. The van der Waals surface area contributed by atoms with Gasteiger partial charge in [0.05, 0.1) is 6.61 Å². The summed E-state index contributed by atoms with van der Waals surface area (Å²) in [4.78, 5) is 15.3. The van der Waals surface area contributed by atoms with E-state index in [2.05, 4.69) is 35.9 Å². The van der Waals surface area contributed by atoms with Gasteiger partial charge in [-0.15, -0.1) is 0 Å². The standard InChI is InChI=1S/C21H23NO2/c1-4-24-21-12-11-20(15-22-21)10-7-18-5-8-19(9-6-18)14-16(2)13-17(3)23/h5-6,8-9,11-12,15-16H,4,13-14H2,1-3H3. The molecule has 0 spiro atoms. The van der Waals surface area contributed by atoms with Crippen LogP contribution in [0.4, 0.5) is 0 Å². The molecular weight excluding hydrogens is 298 g/mol. The van der Waals surface area contributed by atoms with E-state index in [1.807, 2.05) is 31.2 Å². The van der Waals surface area contributed by atoms with Crippen LogP contribution in [0.3, 0.4) is 0 Å². The molecule has 1 heterocycles. The first-order valence-electron chi connectivity index (χ1n) is 8.26. The van der Waals surface area contributed by atoms with E-state index in [0.717, 1.165) is 17.5 Å². The Bertz CT molecular complexity index is 721. The molecule has 0 amide bonds. The first kappa shape index (κ1) is 17.7. The highest BCUT2D eigenvalue weighted by Gasteiger charge is 2.06. The molecule has 0 aliphatic carbocycles. The third-order valence-corrected chi connectivity index (χ3v) is 3.55. The fourth-order valence-electron chi connectivity index (χ4n) is 2.52. The largest absolute Gasteiger partial charge is 0.478 e. The summed E-state index contributed by atoms with van der Waals surface area (Å²) in [6, 6.07) is 11.9. The zero-order valence-electron chi connectivity index (χ0n) is 14.5. The van der Waals surface area contributed by atoms with E-state index in [0.29, 0.717) is 24.8 Å². The summed E-state index contributed by atoms with van der Waals surface area (Å²) >= 11 is 0. The minimum absolute atomic E-state index is 0.244. The quantitative estimate of drug-likeness (QED) is 0.754. The molecule has 0 aliphatic heterocycles. The van der Waals surface area contributed by atoms with Gasteiger partial charge in [0.15, 0.2) is 0 Å². The van der Waals surface area contributed by atoms with Gasteiger partial charge in [-0.05, 0) is 49.9 Å². The number of carbonyl (C=O) groups is 1. The Morgan fingerprint density at radius 1 is 1.12 bits per heavy atom. The average molecular weight is 321 g/mol. The van der Waals surface area contributed by atoms with Crippen LogP contribution in [0.2, 0.25) is 0 Å². The molecule has 1 unspecified atom stereocenters. The van der Waals surface area contributed by atoms with Crippen molar-refractivity contribution in [2.75, 3.05) is 6.61 Å². The van der Waals surface area contributed by atoms with E-state index in [-0.39, 0.29) is 5.78 Å². The van der Waals surface area contributed by atoms with Gasteiger partial charge in [-0.2, -0.15) is 0 Å². The Balaban J connectivity index is 1.97. The number of ether oxygens (including phenoxy) is 1. The van der Waals surface area contributed by atoms with Crippen LogP contribution in [0.25, 0.3) is 0 Å². The minimum Gasteiger partial charge on any atom is -0.478 e. The van der Waals surface area contributed by atoms with Crippen molar-refractivity contribution in [1.82, 2.24) is 4.98 Å². The van der Waals surface area contributed by atoms with Gasteiger partial charge in [0.1, 0.15) is 5.78 Å². The summed E-state index contributed by atoms with van der Waals surface area (Å²) < 4.78 is 5.31. The van der Waals surface area contributed by atoms with Crippen LogP contribution in [0.1, 0.15) is 43.9 Å². The molecule has 0 bridgehead atoms. The molecule has 1 atom stereocenters. The molecule has 1 aromatic carbocycles. The van der Waals surface area contributed by atoms with Gasteiger partial charge in [-0.3, -0.25) is 0 Å². The zero-order valence-corrected chi connectivity index (χ0v) is 14.5. The molecule has 2 rings (SSSR count). The lowest BCUT2D eigenvalue weighted by Crippen LogP contribution is -2.04. The van der Waals surface area contributed by atoms with Gasteiger partial charge < -0.3 is 9.53 Å². The first-order valence-corrected chi connectivity index (χ1v) is 8.26. The van der Waals surface area contributed by atoms with Gasteiger partial charge in [-0.25, -0.2) is 4.98 Å². The second-order valence-electron chi connectivity index (χ2n) is 5.98. The fraction of sp³-hybridized carbons (Fsp3) is 0.333. The third-order valence-electron chi connectivity index (χ3n) is 3.55. The summed E-state index contributed by atoms with van der Waals surface area (Å²) in [6.07, 6.45) is 3.26. The number of benzene rings is 1. The molecule has 0 fully saturated rings. The van der Waals surface area contributed by atoms with Crippen molar-refractivity contribution in [1.29, 1.82) is 0 Å². The van der Waals surface area contributed by atoms with Crippen molar-refractivity contribution >= 4 is 5.78 Å². The molecule has 0 N–H and O–H groups in total. The van der Waals surface area contributed by atoms with Gasteiger partial charge in [0.2, 0.25) is 5.88 Å². The number of Topliss-reactive ketones (excluding diaryl/α,β-unsaturated/α-hetero) is 1. The van der Waals surface area contributed by atoms with Crippen molar-refractivity contribution in [3.05, 3.63) is 59.3 Å². The van der Waals surface area contributed by atoms with Crippen LogP contribution in [0.5, 0.6) is 5.88 Å². The topological polar surface area (TPSA) is 39.2 Å². The van der Waals surface area contributed by atoms with Gasteiger partial charge in [0.25, 0.3) is 0 Å². The summed E-state index contributed by atoms with van der Waals surface area (Å²) in [5.41, 5.74) is 3.06. The predicted octanol–water partition coefficient (Wildman–Crippen LogP) is 4.04. The smallest absolute Gasteiger partial charge is 0.213 e. The van der Waals surface area contributed by atoms with E-state index >= 15 is 0 Å². The molecule has 3 heteroatoms. The summed E-state index contributed by atoms with van der Waals surface area (Å²) in [7, 11) is 0. The SMILES string of the molecule is CCOc1ccc(C#Cc2ccc(CC(C)CC(C)=O)cc2)cn1. The van der Waals surface area contributed by atoms with Gasteiger partial charge in [0, 0.05) is 29.8 Å². The minimum atomic E-state index is 0.244. The maximum Gasteiger partial charge on any atom is 0.213 e. The second kappa shape index (κ2) is 8.88. The van der Waals surface area contributed by atoms with E-state index < -0.39 is 0 Å². The third kappa shape index (κ3) is 5.89. The molecule has 0 saturated carbocycles. The van der Waals surface area contributed by atoms with Gasteiger partial charge in [-0.1, -0.05) is 30.9 Å². The van der Waals surface area contributed by atoms with E-state index in [9.17, 15) is 4.79 Å². The van der Waals surface area contributed by atoms with Crippen LogP contribution >= 0.6 is 0 Å². The number of nitrogens with zero attached hydrogens (tertiary/aromatic N) is 1. The highest BCUT2D eigenvalue weighted by Crippen LogP contribution is 2.13. The summed E-state index contributed by atoms with van der Waals surface area (Å²) in [5.74, 6) is 7.48. The van der Waals surface area contributed by atoms with E-state index in [1.54, 1.807) is 13.1 Å². The second-order valence-corrected chi connectivity index (χ2v) is 5.98. The maximum atomic E-state index is 11.1. The number of carbonyl (C=O) groups excluding carboxylic acids is 1. The molecule has 0 aliphatic rings. The molecule has 124 valence electrons. The molecule has 0 saturated heterocycles. The highest BCUT2D eigenvalue weighted by atomic mass is 16.5. The highest BCUT2D eigenvalue weighted by molar-refractivity contribution is 5.75. The number of aromatic nitrogens is 1. The fourth-order valence-corrected chi connectivity index (χ4v) is 2.52. The van der Waals surface area contributed by atoms with Crippen LogP contribution in [-0.4, -0.2) is 17.4 Å². The molecule has 0 radical (unpaired) electrons. The normalized spacial score (nSPS) is 11.3. The van der Waals surface area contributed by atoms with E-state index in [4.69, 9.17) is 4.74 Å². The Labute approximate surface area is 144 Å². The van der Waals surface area contributed by atoms with Gasteiger partial charge >= 0.3 is 0 Å². The molecular formula is C21H23NO2. The Morgan fingerprint density at radius 2 is 1.79 bits per heavy atom. The molecule has 1 aromatic heterocycles. The number of pyridine rings is 1. The Hall–Kier alpha value is -2.60. The van der Waals surface area contributed by atoms with E-state index in [1.165, 1.54) is 5.56 Å². The number of rotatable bonds is 6. The Kier molecular flexibility index (Phi) is 6.57. The van der Waals surface area contributed by atoms with Crippen LogP contribution < -0.4 is 4.74 Å². The lowest BCUT2D eigenvalue weighted by atomic mass is 9.96. The predicted molar refractivity (Wildman–Crippen MR) is 96.0 cm³/mol.